The van der Waals surface area contributed by atoms with Crippen LogP contribution in [0.15, 0.2) is 17.5 Å². The molecule has 102 valence electrons. The first kappa shape index (κ1) is 14.0. The molecule has 3 nitrogen and oxygen atoms in total. The predicted octanol–water partition coefficient (Wildman–Crippen LogP) is 2.34. The quantitative estimate of drug-likeness (QED) is 0.821. The van der Waals surface area contributed by atoms with Crippen LogP contribution in [0.5, 0.6) is 0 Å². The van der Waals surface area contributed by atoms with E-state index in [9.17, 15) is 0 Å². The van der Waals surface area contributed by atoms with Crippen molar-refractivity contribution in [3.63, 3.8) is 0 Å². The lowest BCUT2D eigenvalue weighted by molar-refractivity contribution is 0.0271. The van der Waals surface area contributed by atoms with Gasteiger partial charge in [0.25, 0.3) is 0 Å². The van der Waals surface area contributed by atoms with Crippen molar-refractivity contribution in [1.29, 1.82) is 0 Å². The summed E-state index contributed by atoms with van der Waals surface area (Å²) in [7, 11) is 2.18. The van der Waals surface area contributed by atoms with Gasteiger partial charge in [0, 0.05) is 24.5 Å². The molecule has 1 fully saturated rings. The summed E-state index contributed by atoms with van der Waals surface area (Å²) >= 11 is 1.83. The van der Waals surface area contributed by atoms with Crippen molar-refractivity contribution in [2.75, 3.05) is 26.7 Å². The highest BCUT2D eigenvalue weighted by molar-refractivity contribution is 7.09. The maximum atomic E-state index is 6.05. The fraction of sp³-hybridized carbons (Fsp3) is 0.714. The van der Waals surface area contributed by atoms with Crippen molar-refractivity contribution in [3.8, 4) is 0 Å². The van der Waals surface area contributed by atoms with Gasteiger partial charge in [-0.05, 0) is 37.9 Å². The van der Waals surface area contributed by atoms with Gasteiger partial charge in [-0.25, -0.2) is 0 Å². The Morgan fingerprint density at radius 1 is 1.44 bits per heavy atom. The molecular formula is C14H24N2OS. The van der Waals surface area contributed by atoms with E-state index >= 15 is 0 Å². The topological polar surface area (TPSA) is 24.5 Å². The molecule has 1 saturated heterocycles. The van der Waals surface area contributed by atoms with Gasteiger partial charge < -0.3 is 10.1 Å². The Kier molecular flexibility index (Phi) is 5.63. The smallest absolute Gasteiger partial charge is 0.0707 e. The highest BCUT2D eigenvalue weighted by Gasteiger charge is 2.25. The number of thiophene rings is 1. The third-order valence-electron chi connectivity index (χ3n) is 3.34. The largest absolute Gasteiger partial charge is 0.372 e. The van der Waals surface area contributed by atoms with E-state index in [1.807, 2.05) is 11.3 Å². The van der Waals surface area contributed by atoms with Crippen LogP contribution in [0.25, 0.3) is 0 Å². The number of nitrogens with zero attached hydrogens (tertiary/aromatic N) is 1. The molecule has 2 unspecified atom stereocenters. The second-order valence-electron chi connectivity index (χ2n) is 5.04. The van der Waals surface area contributed by atoms with Crippen LogP contribution in [0.2, 0.25) is 0 Å². The summed E-state index contributed by atoms with van der Waals surface area (Å²) in [5.74, 6) is 0. The van der Waals surface area contributed by atoms with Crippen molar-refractivity contribution in [2.45, 2.75) is 38.5 Å². The molecule has 0 saturated carbocycles. The van der Waals surface area contributed by atoms with Crippen molar-refractivity contribution in [2.24, 2.45) is 0 Å². The first-order valence-electron chi connectivity index (χ1n) is 6.85. The molecule has 0 aromatic carbocycles. The Morgan fingerprint density at radius 2 is 2.28 bits per heavy atom. The lowest BCUT2D eigenvalue weighted by Crippen LogP contribution is -2.31. The van der Waals surface area contributed by atoms with Crippen LogP contribution in [0.1, 0.15) is 24.6 Å². The number of likely N-dealkylation sites (N-methyl/N-ethyl adjacent to an activating group) is 2. The molecule has 0 aliphatic carbocycles. The summed E-state index contributed by atoms with van der Waals surface area (Å²) in [6.45, 7) is 6.25. The van der Waals surface area contributed by atoms with E-state index in [1.165, 1.54) is 17.7 Å². The van der Waals surface area contributed by atoms with Gasteiger partial charge in [-0.2, -0.15) is 0 Å². The highest BCUT2D eigenvalue weighted by atomic mass is 32.1. The second kappa shape index (κ2) is 7.24. The van der Waals surface area contributed by atoms with Gasteiger partial charge in [0.2, 0.25) is 0 Å². The van der Waals surface area contributed by atoms with Crippen LogP contribution in [-0.4, -0.2) is 43.8 Å². The molecule has 1 aromatic heterocycles. The van der Waals surface area contributed by atoms with Gasteiger partial charge in [0.05, 0.1) is 12.2 Å². The van der Waals surface area contributed by atoms with Crippen LogP contribution in [0, 0.1) is 0 Å². The number of rotatable bonds is 7. The van der Waals surface area contributed by atoms with Gasteiger partial charge >= 0.3 is 0 Å². The fourth-order valence-electron chi connectivity index (χ4n) is 2.45. The second-order valence-corrected chi connectivity index (χ2v) is 6.07. The van der Waals surface area contributed by atoms with E-state index in [-0.39, 0.29) is 0 Å². The first-order valence-corrected chi connectivity index (χ1v) is 7.73. The standard InChI is InChI=1S/C14H24N2OS/c1-3-15-9-12-6-7-13(17-12)10-16(2)11-14-5-4-8-18-14/h4-5,8,12-13,15H,3,6-7,9-11H2,1-2H3. The van der Waals surface area contributed by atoms with Crippen LogP contribution < -0.4 is 5.32 Å². The monoisotopic (exact) mass is 268 g/mol. The van der Waals surface area contributed by atoms with Crippen molar-refractivity contribution < 1.29 is 4.74 Å². The number of hydrogen-bond acceptors (Lipinski definition) is 4. The third-order valence-corrected chi connectivity index (χ3v) is 4.20. The van der Waals surface area contributed by atoms with Crippen molar-refractivity contribution in [3.05, 3.63) is 22.4 Å². The molecule has 1 aliphatic rings. The third kappa shape index (κ3) is 4.35. The number of hydrogen-bond donors (Lipinski definition) is 1. The lowest BCUT2D eigenvalue weighted by Gasteiger charge is -2.21. The number of ether oxygens (including phenoxy) is 1. The van der Waals surface area contributed by atoms with Crippen molar-refractivity contribution in [1.82, 2.24) is 10.2 Å². The summed E-state index contributed by atoms with van der Waals surface area (Å²) < 4.78 is 6.05. The van der Waals surface area contributed by atoms with Gasteiger partial charge in [-0.15, -0.1) is 11.3 Å². The zero-order valence-corrected chi connectivity index (χ0v) is 12.2. The zero-order valence-electron chi connectivity index (χ0n) is 11.4. The molecule has 1 aliphatic heterocycles. The molecule has 2 rings (SSSR count). The minimum absolute atomic E-state index is 0.415. The summed E-state index contributed by atoms with van der Waals surface area (Å²) in [5, 5.41) is 5.50. The van der Waals surface area contributed by atoms with E-state index in [0.29, 0.717) is 12.2 Å². The summed E-state index contributed by atoms with van der Waals surface area (Å²) in [6.07, 6.45) is 3.23. The molecule has 1 N–H and O–H groups in total. The molecule has 2 heterocycles. The minimum atomic E-state index is 0.415. The normalized spacial score (nSPS) is 23.9. The minimum Gasteiger partial charge on any atom is -0.372 e. The predicted molar refractivity (Wildman–Crippen MR) is 77.1 cm³/mol. The Labute approximate surface area is 114 Å². The van der Waals surface area contributed by atoms with Crippen LogP contribution in [0.3, 0.4) is 0 Å². The Balaban J connectivity index is 1.67. The highest BCUT2D eigenvalue weighted by Crippen LogP contribution is 2.20. The molecular weight excluding hydrogens is 244 g/mol. The summed E-state index contributed by atoms with van der Waals surface area (Å²) in [5.41, 5.74) is 0. The van der Waals surface area contributed by atoms with Crippen LogP contribution in [0.4, 0.5) is 0 Å². The average Bonchev–Trinajstić information content (AvgIpc) is 2.98. The maximum Gasteiger partial charge on any atom is 0.0707 e. The fourth-order valence-corrected chi connectivity index (χ4v) is 3.23. The Hall–Kier alpha value is -0.420. The Morgan fingerprint density at radius 3 is 3.00 bits per heavy atom. The van der Waals surface area contributed by atoms with Crippen molar-refractivity contribution >= 4 is 11.3 Å². The van der Waals surface area contributed by atoms with E-state index in [1.54, 1.807) is 0 Å². The molecule has 1 aromatic rings. The van der Waals surface area contributed by atoms with Crippen LogP contribution >= 0.6 is 11.3 Å². The van der Waals surface area contributed by atoms with Gasteiger partial charge in [0.15, 0.2) is 0 Å². The van der Waals surface area contributed by atoms with E-state index in [4.69, 9.17) is 4.74 Å². The van der Waals surface area contributed by atoms with E-state index in [0.717, 1.165) is 26.2 Å². The Bertz CT molecular complexity index is 329. The molecule has 0 amide bonds. The lowest BCUT2D eigenvalue weighted by atomic mass is 10.2. The SMILES string of the molecule is CCNCC1CCC(CN(C)Cc2cccs2)O1. The van der Waals surface area contributed by atoms with Gasteiger partial charge in [-0.3, -0.25) is 4.90 Å². The van der Waals surface area contributed by atoms with Gasteiger partial charge in [0.1, 0.15) is 0 Å². The van der Waals surface area contributed by atoms with E-state index < -0.39 is 0 Å². The maximum absolute atomic E-state index is 6.05. The number of nitrogens with one attached hydrogen (secondary N) is 1. The van der Waals surface area contributed by atoms with E-state index in [2.05, 4.69) is 41.7 Å². The average molecular weight is 268 g/mol. The van der Waals surface area contributed by atoms with Crippen LogP contribution in [-0.2, 0) is 11.3 Å². The molecule has 0 bridgehead atoms. The molecule has 0 radical (unpaired) electrons. The summed E-state index contributed by atoms with van der Waals surface area (Å²) in [6, 6.07) is 4.32. The molecule has 2 atom stereocenters. The molecule has 18 heavy (non-hydrogen) atoms. The zero-order chi connectivity index (χ0) is 12.8. The van der Waals surface area contributed by atoms with Gasteiger partial charge in [-0.1, -0.05) is 13.0 Å². The molecule has 4 heteroatoms. The summed E-state index contributed by atoms with van der Waals surface area (Å²) in [4.78, 5) is 3.80. The first-order chi connectivity index (χ1) is 8.78. The molecule has 0 spiro atoms.